The number of ether oxygens (including phenoxy) is 2. The van der Waals surface area contributed by atoms with Crippen molar-refractivity contribution in [3.05, 3.63) is 89.2 Å². The standard InChI is InChI=1S/C32H31FN2O5S/c1-3-5-16-39-23-13-10-20(11-14-23)28-27(29(36)21-8-7-9-24(18-21)40-17-6-4-2)30(37)31(38)35(28)32-34-25-15-12-22(33)19-26(25)41-32/h7-15,18-19,28,36H,3-6,16-17H2,1-2H3/b29-27+. The average Bonchev–Trinajstić information content (AvgIpc) is 3.51. The number of hydrogen-bond donors (Lipinski definition) is 1. The number of halogens is 1. The van der Waals surface area contributed by atoms with E-state index in [1.165, 1.54) is 23.1 Å². The highest BCUT2D eigenvalue weighted by molar-refractivity contribution is 7.22. The van der Waals surface area contributed by atoms with Gasteiger partial charge >= 0.3 is 5.91 Å². The summed E-state index contributed by atoms with van der Waals surface area (Å²) >= 11 is 1.11. The fraction of sp³-hybridized carbons (Fsp3) is 0.281. The Morgan fingerprint density at radius 3 is 2.37 bits per heavy atom. The van der Waals surface area contributed by atoms with Crippen molar-refractivity contribution in [1.29, 1.82) is 0 Å². The summed E-state index contributed by atoms with van der Waals surface area (Å²) in [6, 6.07) is 17.1. The number of aliphatic hydroxyl groups excluding tert-OH is 1. The van der Waals surface area contributed by atoms with Gasteiger partial charge in [-0.25, -0.2) is 9.37 Å². The second kappa shape index (κ2) is 12.5. The van der Waals surface area contributed by atoms with E-state index >= 15 is 0 Å². The van der Waals surface area contributed by atoms with Gasteiger partial charge in [0.1, 0.15) is 23.1 Å². The Hall–Kier alpha value is -4.24. The molecule has 0 bridgehead atoms. The molecule has 1 amide bonds. The summed E-state index contributed by atoms with van der Waals surface area (Å²) in [7, 11) is 0. The molecule has 9 heteroatoms. The number of carbonyl (C=O) groups excluding carboxylic acids is 2. The van der Waals surface area contributed by atoms with Gasteiger partial charge in [-0.3, -0.25) is 14.5 Å². The van der Waals surface area contributed by atoms with Crippen molar-refractivity contribution in [2.24, 2.45) is 0 Å². The molecule has 1 saturated heterocycles. The zero-order valence-electron chi connectivity index (χ0n) is 22.9. The minimum atomic E-state index is -0.963. The quantitative estimate of drug-likeness (QED) is 0.0868. The van der Waals surface area contributed by atoms with Crippen molar-refractivity contribution >= 4 is 44.1 Å². The highest BCUT2D eigenvalue weighted by atomic mass is 32.1. The Kier molecular flexibility index (Phi) is 8.64. The van der Waals surface area contributed by atoms with Gasteiger partial charge in [0.2, 0.25) is 0 Å². The molecular formula is C32H31FN2O5S. The number of aliphatic hydroxyl groups is 1. The summed E-state index contributed by atoms with van der Waals surface area (Å²) in [5.41, 5.74) is 1.39. The second-order valence-corrected chi connectivity index (χ2v) is 10.8. The van der Waals surface area contributed by atoms with Crippen molar-refractivity contribution in [1.82, 2.24) is 4.98 Å². The molecule has 1 aliphatic rings. The number of aromatic nitrogens is 1. The van der Waals surface area contributed by atoms with Crippen LogP contribution in [0.1, 0.15) is 56.7 Å². The molecule has 1 atom stereocenters. The maximum atomic E-state index is 13.9. The number of unbranched alkanes of at least 4 members (excludes halogenated alkanes) is 2. The maximum Gasteiger partial charge on any atom is 0.301 e. The lowest BCUT2D eigenvalue weighted by Gasteiger charge is -2.23. The number of carbonyl (C=O) groups is 2. The molecule has 1 N–H and O–H groups in total. The molecule has 1 fully saturated rings. The van der Waals surface area contributed by atoms with Crippen LogP contribution in [0.4, 0.5) is 9.52 Å². The van der Waals surface area contributed by atoms with E-state index in [4.69, 9.17) is 9.47 Å². The number of ketones is 1. The number of rotatable bonds is 11. The van der Waals surface area contributed by atoms with Crippen LogP contribution in [0, 0.1) is 5.82 Å². The van der Waals surface area contributed by atoms with E-state index in [0.717, 1.165) is 37.0 Å². The summed E-state index contributed by atoms with van der Waals surface area (Å²) in [6.45, 7) is 5.25. The molecule has 0 aliphatic carbocycles. The van der Waals surface area contributed by atoms with Crippen LogP contribution < -0.4 is 14.4 Å². The van der Waals surface area contributed by atoms with Gasteiger partial charge in [0.05, 0.1) is 35.0 Å². The normalized spacial score (nSPS) is 16.5. The van der Waals surface area contributed by atoms with Gasteiger partial charge in [-0.1, -0.05) is 62.3 Å². The summed E-state index contributed by atoms with van der Waals surface area (Å²) in [5, 5.41) is 11.7. The van der Waals surface area contributed by atoms with E-state index in [0.29, 0.717) is 46.1 Å². The Labute approximate surface area is 241 Å². The Balaban J connectivity index is 1.60. The Morgan fingerprint density at radius 2 is 1.66 bits per heavy atom. The molecule has 1 aromatic heterocycles. The van der Waals surface area contributed by atoms with E-state index in [1.54, 1.807) is 48.5 Å². The SMILES string of the molecule is CCCCOc1ccc(C2/C(=C(\O)c3cccc(OCCCC)c3)C(=O)C(=O)N2c2nc3ccc(F)cc3s2)cc1. The first-order valence-electron chi connectivity index (χ1n) is 13.7. The lowest BCUT2D eigenvalue weighted by atomic mass is 9.95. The van der Waals surface area contributed by atoms with Crippen molar-refractivity contribution in [2.75, 3.05) is 18.1 Å². The number of fused-ring (bicyclic) bond motifs is 1. The second-order valence-electron chi connectivity index (χ2n) is 9.78. The van der Waals surface area contributed by atoms with E-state index in [2.05, 4.69) is 18.8 Å². The predicted octanol–water partition coefficient (Wildman–Crippen LogP) is 7.42. The van der Waals surface area contributed by atoms with Crippen LogP contribution in [0.25, 0.3) is 16.0 Å². The summed E-state index contributed by atoms with van der Waals surface area (Å²) < 4.78 is 26.1. The lowest BCUT2D eigenvalue weighted by molar-refractivity contribution is -0.132. The molecule has 5 rings (SSSR count). The van der Waals surface area contributed by atoms with Crippen LogP contribution in [-0.2, 0) is 9.59 Å². The Morgan fingerprint density at radius 1 is 0.951 bits per heavy atom. The summed E-state index contributed by atoms with van der Waals surface area (Å²) in [6.07, 6.45) is 3.78. The zero-order chi connectivity index (χ0) is 28.9. The molecule has 3 aromatic carbocycles. The van der Waals surface area contributed by atoms with Gasteiger partial charge in [-0.2, -0.15) is 0 Å². The highest BCUT2D eigenvalue weighted by Crippen LogP contribution is 2.44. The monoisotopic (exact) mass is 574 g/mol. The summed E-state index contributed by atoms with van der Waals surface area (Å²) in [5.74, 6) is -1.19. The fourth-order valence-corrected chi connectivity index (χ4v) is 5.66. The lowest BCUT2D eigenvalue weighted by Crippen LogP contribution is -2.29. The molecule has 4 aromatic rings. The first kappa shape index (κ1) is 28.3. The number of thiazole rings is 1. The van der Waals surface area contributed by atoms with Gasteiger partial charge in [-0.05, 0) is 60.9 Å². The number of anilines is 1. The summed E-state index contributed by atoms with van der Waals surface area (Å²) in [4.78, 5) is 32.9. The topological polar surface area (TPSA) is 89.0 Å². The molecule has 1 unspecified atom stereocenters. The molecule has 7 nitrogen and oxygen atoms in total. The third-order valence-electron chi connectivity index (χ3n) is 6.83. The van der Waals surface area contributed by atoms with Crippen molar-refractivity contribution in [2.45, 2.75) is 45.6 Å². The van der Waals surface area contributed by atoms with Gasteiger partial charge in [-0.15, -0.1) is 0 Å². The van der Waals surface area contributed by atoms with E-state index in [9.17, 15) is 19.1 Å². The van der Waals surface area contributed by atoms with Crippen LogP contribution >= 0.6 is 11.3 Å². The average molecular weight is 575 g/mol. The van der Waals surface area contributed by atoms with Crippen LogP contribution in [0.2, 0.25) is 0 Å². The third kappa shape index (κ3) is 5.95. The van der Waals surface area contributed by atoms with Crippen LogP contribution in [0.15, 0.2) is 72.3 Å². The number of benzene rings is 3. The molecule has 0 radical (unpaired) electrons. The van der Waals surface area contributed by atoms with Gasteiger partial charge in [0.25, 0.3) is 5.78 Å². The van der Waals surface area contributed by atoms with Gasteiger partial charge < -0.3 is 14.6 Å². The van der Waals surface area contributed by atoms with Crippen LogP contribution in [0.5, 0.6) is 11.5 Å². The third-order valence-corrected chi connectivity index (χ3v) is 7.84. The largest absolute Gasteiger partial charge is 0.507 e. The molecule has 212 valence electrons. The molecule has 1 aliphatic heterocycles. The first-order valence-corrected chi connectivity index (χ1v) is 14.6. The maximum absolute atomic E-state index is 13.9. The highest BCUT2D eigenvalue weighted by Gasteiger charge is 2.48. The molecule has 2 heterocycles. The van der Waals surface area contributed by atoms with Crippen molar-refractivity contribution < 1.29 is 28.6 Å². The number of amides is 1. The van der Waals surface area contributed by atoms with Crippen LogP contribution in [-0.4, -0.2) is 35.0 Å². The predicted molar refractivity (Wildman–Crippen MR) is 158 cm³/mol. The molecule has 0 saturated carbocycles. The Bertz CT molecular complexity index is 1600. The minimum absolute atomic E-state index is 0.0641. The first-order chi connectivity index (χ1) is 19.9. The van der Waals surface area contributed by atoms with Gasteiger partial charge in [0, 0.05) is 5.56 Å². The van der Waals surface area contributed by atoms with E-state index in [-0.39, 0.29) is 16.5 Å². The van der Waals surface area contributed by atoms with E-state index < -0.39 is 23.5 Å². The minimum Gasteiger partial charge on any atom is -0.507 e. The number of hydrogen-bond acceptors (Lipinski definition) is 7. The van der Waals surface area contributed by atoms with Crippen LogP contribution in [0.3, 0.4) is 0 Å². The van der Waals surface area contributed by atoms with E-state index in [1.807, 2.05) is 0 Å². The molecule has 0 spiro atoms. The molecule has 41 heavy (non-hydrogen) atoms. The fourth-order valence-electron chi connectivity index (χ4n) is 4.64. The number of nitrogens with zero attached hydrogens (tertiary/aromatic N) is 2. The van der Waals surface area contributed by atoms with Crippen molar-refractivity contribution in [3.63, 3.8) is 0 Å². The van der Waals surface area contributed by atoms with Gasteiger partial charge in [0.15, 0.2) is 5.13 Å². The number of Topliss-reactive ketones (excluding diaryl/α,β-unsaturated/α-hetero) is 1. The smallest absolute Gasteiger partial charge is 0.301 e. The van der Waals surface area contributed by atoms with Crippen molar-refractivity contribution in [3.8, 4) is 11.5 Å². The molecular weight excluding hydrogens is 543 g/mol. The zero-order valence-corrected chi connectivity index (χ0v) is 23.7.